The summed E-state index contributed by atoms with van der Waals surface area (Å²) in [5.74, 6) is -2.00. The maximum atomic E-state index is 13.7. The van der Waals surface area contributed by atoms with E-state index in [4.69, 9.17) is 4.74 Å². The van der Waals surface area contributed by atoms with Crippen molar-refractivity contribution in [1.82, 2.24) is 9.88 Å². The van der Waals surface area contributed by atoms with Crippen LogP contribution in [-0.2, 0) is 4.74 Å². The van der Waals surface area contributed by atoms with Crippen molar-refractivity contribution in [1.29, 1.82) is 0 Å². The fourth-order valence-corrected chi connectivity index (χ4v) is 4.18. The van der Waals surface area contributed by atoms with Crippen LogP contribution in [0.1, 0.15) is 10.4 Å². The largest absolute Gasteiger partial charge is 0.493 e. The van der Waals surface area contributed by atoms with Gasteiger partial charge < -0.3 is 9.84 Å². The fourth-order valence-electron chi connectivity index (χ4n) is 3.39. The van der Waals surface area contributed by atoms with Gasteiger partial charge in [-0.15, -0.1) is 0 Å². The molecule has 1 aromatic heterocycles. The minimum Gasteiger partial charge on any atom is -0.493 e. The zero-order chi connectivity index (χ0) is 21.1. The van der Waals surface area contributed by atoms with Crippen LogP contribution in [0.4, 0.5) is 8.78 Å². The van der Waals surface area contributed by atoms with Crippen molar-refractivity contribution < 1.29 is 18.6 Å². The van der Waals surface area contributed by atoms with E-state index in [1.165, 1.54) is 6.07 Å². The van der Waals surface area contributed by atoms with Gasteiger partial charge in [-0.1, -0.05) is 41.7 Å². The summed E-state index contributed by atoms with van der Waals surface area (Å²) in [5, 5.41) is 10.2. The zero-order valence-corrected chi connectivity index (χ0v) is 16.8. The molecule has 4 rings (SSSR count). The number of rotatable bonds is 5. The van der Waals surface area contributed by atoms with Gasteiger partial charge in [0.15, 0.2) is 11.6 Å². The van der Waals surface area contributed by atoms with Crippen LogP contribution in [0.25, 0.3) is 16.7 Å². The molecule has 1 aliphatic heterocycles. The van der Waals surface area contributed by atoms with Gasteiger partial charge in [-0.3, -0.25) is 14.7 Å². The van der Waals surface area contributed by atoms with E-state index in [0.717, 1.165) is 42.1 Å². The molecule has 1 aliphatic rings. The Kier molecular flexibility index (Phi) is 6.08. The number of hydrogen-bond donors (Lipinski definition) is 2. The SMILES string of the molecule is O=c1[nH]c(O)c(C(=CCN2CCOCC2)c2cccc(-c3ccc(F)c(F)c3)c2)s1. The second-order valence-corrected chi connectivity index (χ2v) is 7.92. The predicted octanol–water partition coefficient (Wildman–Crippen LogP) is 3.85. The number of benzene rings is 2. The third-order valence-corrected chi connectivity index (χ3v) is 5.86. The molecule has 5 nitrogen and oxygen atoms in total. The normalized spacial score (nSPS) is 15.5. The highest BCUT2D eigenvalue weighted by molar-refractivity contribution is 7.10. The van der Waals surface area contributed by atoms with E-state index in [-0.39, 0.29) is 10.8 Å². The number of hydrogen-bond acceptors (Lipinski definition) is 5. The molecule has 2 heterocycles. The van der Waals surface area contributed by atoms with Crippen LogP contribution in [-0.4, -0.2) is 47.8 Å². The van der Waals surface area contributed by atoms with Crippen LogP contribution in [0.5, 0.6) is 5.88 Å². The van der Waals surface area contributed by atoms with E-state index < -0.39 is 11.6 Å². The molecular weight excluding hydrogens is 410 g/mol. The molecule has 0 bridgehead atoms. The van der Waals surface area contributed by atoms with Crippen molar-refractivity contribution in [3.05, 3.63) is 80.3 Å². The highest BCUT2D eigenvalue weighted by atomic mass is 32.1. The van der Waals surface area contributed by atoms with Gasteiger partial charge in [0.05, 0.1) is 18.1 Å². The number of aromatic nitrogens is 1. The van der Waals surface area contributed by atoms with E-state index in [0.29, 0.717) is 41.3 Å². The molecule has 1 fully saturated rings. The summed E-state index contributed by atoms with van der Waals surface area (Å²) in [4.78, 5) is 16.5. The Bertz CT molecular complexity index is 1130. The highest BCUT2D eigenvalue weighted by Gasteiger charge is 2.17. The van der Waals surface area contributed by atoms with Crippen LogP contribution >= 0.6 is 11.3 Å². The number of nitrogens with zero attached hydrogens (tertiary/aromatic N) is 1. The molecule has 2 aromatic carbocycles. The van der Waals surface area contributed by atoms with Crippen molar-refractivity contribution in [2.24, 2.45) is 0 Å². The number of aromatic hydroxyl groups is 1. The summed E-state index contributed by atoms with van der Waals surface area (Å²) in [6.07, 6.45) is 1.97. The van der Waals surface area contributed by atoms with Gasteiger partial charge in [-0.25, -0.2) is 8.78 Å². The van der Waals surface area contributed by atoms with Crippen molar-refractivity contribution in [2.45, 2.75) is 0 Å². The molecule has 3 aromatic rings. The number of nitrogens with one attached hydrogen (secondary N) is 1. The van der Waals surface area contributed by atoms with Gasteiger partial charge in [0.25, 0.3) is 0 Å². The Morgan fingerprint density at radius 3 is 2.60 bits per heavy atom. The molecule has 8 heteroatoms. The number of ether oxygens (including phenoxy) is 1. The van der Waals surface area contributed by atoms with E-state index in [2.05, 4.69) is 9.88 Å². The summed E-state index contributed by atoms with van der Waals surface area (Å²) < 4.78 is 32.4. The molecule has 2 N–H and O–H groups in total. The predicted molar refractivity (Wildman–Crippen MR) is 113 cm³/mol. The number of thiazole rings is 1. The van der Waals surface area contributed by atoms with Gasteiger partial charge in [-0.05, 0) is 34.9 Å². The minimum absolute atomic E-state index is 0.184. The van der Waals surface area contributed by atoms with Crippen LogP contribution < -0.4 is 4.87 Å². The van der Waals surface area contributed by atoms with Crippen molar-refractivity contribution in [3.8, 4) is 17.0 Å². The monoisotopic (exact) mass is 430 g/mol. The Balaban J connectivity index is 1.74. The summed E-state index contributed by atoms with van der Waals surface area (Å²) in [6.45, 7) is 3.55. The number of morpholine rings is 1. The summed E-state index contributed by atoms with van der Waals surface area (Å²) in [7, 11) is 0. The number of halogens is 2. The van der Waals surface area contributed by atoms with Crippen LogP contribution in [0.2, 0.25) is 0 Å². The molecule has 0 saturated carbocycles. The highest BCUT2D eigenvalue weighted by Crippen LogP contribution is 2.33. The summed E-state index contributed by atoms with van der Waals surface area (Å²) >= 11 is 0.928. The lowest BCUT2D eigenvalue weighted by atomic mass is 9.98. The standard InChI is InChI=1S/C22H20F2N2O3S/c23-18-5-4-15(13-19(18)24)14-2-1-3-16(12-14)17(20-21(27)25-22(28)30-20)6-7-26-8-10-29-11-9-26/h1-6,12-13,27H,7-11H2,(H,25,28). The first kappa shape index (κ1) is 20.5. The average molecular weight is 430 g/mol. The van der Waals surface area contributed by atoms with Crippen molar-refractivity contribution in [2.75, 3.05) is 32.8 Å². The molecule has 0 atom stereocenters. The van der Waals surface area contributed by atoms with Gasteiger partial charge in [-0.2, -0.15) is 0 Å². The maximum absolute atomic E-state index is 13.7. The molecule has 1 saturated heterocycles. The summed E-state index contributed by atoms with van der Waals surface area (Å²) in [5.41, 5.74) is 2.70. The first-order valence-electron chi connectivity index (χ1n) is 9.50. The Hall–Kier alpha value is -2.81. The van der Waals surface area contributed by atoms with Gasteiger partial charge >= 0.3 is 4.87 Å². The second kappa shape index (κ2) is 8.91. The van der Waals surface area contributed by atoms with Crippen LogP contribution in [0.15, 0.2) is 53.3 Å². The molecule has 0 unspecified atom stereocenters. The lowest BCUT2D eigenvalue weighted by Gasteiger charge is -2.25. The van der Waals surface area contributed by atoms with Crippen molar-refractivity contribution in [3.63, 3.8) is 0 Å². The lowest BCUT2D eigenvalue weighted by molar-refractivity contribution is 0.0435. The summed E-state index contributed by atoms with van der Waals surface area (Å²) in [6, 6.07) is 11.1. The van der Waals surface area contributed by atoms with E-state index in [1.54, 1.807) is 12.1 Å². The first-order valence-corrected chi connectivity index (χ1v) is 10.3. The topological polar surface area (TPSA) is 65.6 Å². The number of H-pyrrole nitrogens is 1. The fraction of sp³-hybridized carbons (Fsp3) is 0.227. The molecule has 0 spiro atoms. The molecule has 0 amide bonds. The quantitative estimate of drug-likeness (QED) is 0.645. The van der Waals surface area contributed by atoms with Crippen LogP contribution in [0.3, 0.4) is 0 Å². The van der Waals surface area contributed by atoms with Gasteiger partial charge in [0.1, 0.15) is 0 Å². The van der Waals surface area contributed by atoms with Crippen molar-refractivity contribution >= 4 is 16.9 Å². The lowest BCUT2D eigenvalue weighted by Crippen LogP contribution is -2.36. The second-order valence-electron chi connectivity index (χ2n) is 6.93. The molecule has 0 radical (unpaired) electrons. The Morgan fingerprint density at radius 1 is 1.13 bits per heavy atom. The van der Waals surface area contributed by atoms with E-state index >= 15 is 0 Å². The maximum Gasteiger partial charge on any atom is 0.307 e. The van der Waals surface area contributed by atoms with Gasteiger partial charge in [0, 0.05) is 25.2 Å². The zero-order valence-electron chi connectivity index (χ0n) is 16.0. The molecular formula is C22H20F2N2O3S. The molecule has 156 valence electrons. The minimum atomic E-state index is -0.914. The Labute approximate surface area is 175 Å². The van der Waals surface area contributed by atoms with Gasteiger partial charge in [0.2, 0.25) is 5.88 Å². The van der Waals surface area contributed by atoms with E-state index in [9.17, 15) is 18.7 Å². The third kappa shape index (κ3) is 4.51. The smallest absolute Gasteiger partial charge is 0.307 e. The number of aromatic amines is 1. The average Bonchev–Trinajstić information content (AvgIpc) is 3.09. The van der Waals surface area contributed by atoms with Crippen LogP contribution in [0, 0.1) is 11.6 Å². The first-order chi connectivity index (χ1) is 14.5. The molecule has 0 aliphatic carbocycles. The third-order valence-electron chi connectivity index (χ3n) is 4.96. The Morgan fingerprint density at radius 2 is 1.90 bits per heavy atom. The van der Waals surface area contributed by atoms with E-state index in [1.807, 2.05) is 18.2 Å². The molecule has 30 heavy (non-hydrogen) atoms.